The van der Waals surface area contributed by atoms with Crippen molar-refractivity contribution in [1.82, 2.24) is 5.32 Å². The third-order valence-corrected chi connectivity index (χ3v) is 6.23. The molecule has 1 fully saturated rings. The van der Waals surface area contributed by atoms with Gasteiger partial charge < -0.3 is 10.1 Å². The minimum Gasteiger partial charge on any atom is -0.495 e. The van der Waals surface area contributed by atoms with E-state index in [0.29, 0.717) is 29.5 Å². The first-order valence-corrected chi connectivity index (χ1v) is 9.87. The quantitative estimate of drug-likeness (QED) is 0.808. The van der Waals surface area contributed by atoms with Gasteiger partial charge in [0.1, 0.15) is 5.75 Å². The summed E-state index contributed by atoms with van der Waals surface area (Å²) in [5, 5.41) is 2.87. The molecule has 0 radical (unpaired) electrons. The van der Waals surface area contributed by atoms with Crippen molar-refractivity contribution >= 4 is 21.6 Å². The highest BCUT2D eigenvalue weighted by molar-refractivity contribution is 7.92. The van der Waals surface area contributed by atoms with Crippen molar-refractivity contribution in [2.24, 2.45) is 5.92 Å². The molecular formula is C19H22N2O4S. The van der Waals surface area contributed by atoms with Crippen molar-refractivity contribution in [3.8, 4) is 5.75 Å². The molecule has 6 nitrogen and oxygen atoms in total. The van der Waals surface area contributed by atoms with E-state index >= 15 is 0 Å². The molecule has 0 aromatic heterocycles. The van der Waals surface area contributed by atoms with Gasteiger partial charge in [-0.1, -0.05) is 12.1 Å². The zero-order chi connectivity index (χ0) is 18.7. The molecule has 0 spiro atoms. The highest BCUT2D eigenvalue weighted by Gasteiger charge is 2.24. The number of anilines is 1. The fourth-order valence-corrected chi connectivity index (χ4v) is 3.82. The molecule has 1 N–H and O–H groups in total. The van der Waals surface area contributed by atoms with Crippen LogP contribution < -0.4 is 14.4 Å². The molecule has 2 aromatic carbocycles. The zero-order valence-corrected chi connectivity index (χ0v) is 15.6. The maximum atomic E-state index is 12.9. The summed E-state index contributed by atoms with van der Waals surface area (Å²) in [7, 11) is -0.791. The van der Waals surface area contributed by atoms with Gasteiger partial charge in [-0.05, 0) is 55.2 Å². The summed E-state index contributed by atoms with van der Waals surface area (Å²) in [4.78, 5) is 12.2. The molecule has 0 unspecified atom stereocenters. The summed E-state index contributed by atoms with van der Waals surface area (Å²) < 4.78 is 32.2. The number of nitrogens with zero attached hydrogens (tertiary/aromatic N) is 1. The van der Waals surface area contributed by atoms with Crippen molar-refractivity contribution < 1.29 is 17.9 Å². The predicted molar refractivity (Wildman–Crippen MR) is 100 cm³/mol. The first kappa shape index (κ1) is 18.3. The lowest BCUT2D eigenvalue weighted by atomic mass is 10.2. The first-order chi connectivity index (χ1) is 12.4. The summed E-state index contributed by atoms with van der Waals surface area (Å²) in [6.07, 6.45) is 2.32. The average Bonchev–Trinajstić information content (AvgIpc) is 3.50. The highest BCUT2D eigenvalue weighted by atomic mass is 32.2. The van der Waals surface area contributed by atoms with Crippen LogP contribution in [0.2, 0.25) is 0 Å². The highest BCUT2D eigenvalue weighted by Crippen LogP contribution is 2.31. The number of hydrogen-bond donors (Lipinski definition) is 1. The molecule has 1 aliphatic carbocycles. The Labute approximate surface area is 153 Å². The molecule has 138 valence electrons. The molecule has 0 bridgehead atoms. The van der Waals surface area contributed by atoms with E-state index in [4.69, 9.17) is 4.74 Å². The van der Waals surface area contributed by atoms with E-state index in [-0.39, 0.29) is 10.8 Å². The smallest absolute Gasteiger partial charge is 0.264 e. The molecule has 26 heavy (non-hydrogen) atoms. The van der Waals surface area contributed by atoms with E-state index in [1.54, 1.807) is 24.3 Å². The van der Waals surface area contributed by atoms with Crippen LogP contribution in [0.3, 0.4) is 0 Å². The summed E-state index contributed by atoms with van der Waals surface area (Å²) in [6, 6.07) is 12.9. The predicted octanol–water partition coefficient (Wildman–Crippen LogP) is 2.66. The summed E-state index contributed by atoms with van der Waals surface area (Å²) in [5.41, 5.74) is 0.894. The third kappa shape index (κ3) is 3.83. The summed E-state index contributed by atoms with van der Waals surface area (Å²) in [6.45, 7) is 0.676. The maximum Gasteiger partial charge on any atom is 0.264 e. The number of ether oxygens (including phenoxy) is 1. The Bertz CT molecular complexity index is 890. The lowest BCUT2D eigenvalue weighted by Gasteiger charge is -2.21. The second kappa shape index (κ2) is 7.37. The molecule has 1 amide bonds. The zero-order valence-electron chi connectivity index (χ0n) is 14.8. The van der Waals surface area contributed by atoms with Gasteiger partial charge in [-0.15, -0.1) is 0 Å². The fourth-order valence-electron chi connectivity index (χ4n) is 2.62. The van der Waals surface area contributed by atoms with Crippen molar-refractivity contribution in [3.05, 3.63) is 54.1 Å². The van der Waals surface area contributed by atoms with Crippen LogP contribution in [0.15, 0.2) is 53.4 Å². The van der Waals surface area contributed by atoms with Crippen LogP contribution in [0.5, 0.6) is 5.75 Å². The molecule has 0 atom stereocenters. The van der Waals surface area contributed by atoms with Crippen molar-refractivity contribution in [1.29, 1.82) is 0 Å². The van der Waals surface area contributed by atoms with Crippen LogP contribution >= 0.6 is 0 Å². The second-order valence-electron chi connectivity index (χ2n) is 6.32. The molecule has 1 aliphatic rings. The lowest BCUT2D eigenvalue weighted by Crippen LogP contribution is -2.27. The first-order valence-electron chi connectivity index (χ1n) is 8.43. The topological polar surface area (TPSA) is 75.7 Å². The summed E-state index contributed by atoms with van der Waals surface area (Å²) >= 11 is 0. The Kier molecular flexibility index (Phi) is 5.18. The number of nitrogens with one attached hydrogen (secondary N) is 1. The van der Waals surface area contributed by atoms with E-state index in [2.05, 4.69) is 5.32 Å². The van der Waals surface area contributed by atoms with Gasteiger partial charge in [0.05, 0.1) is 17.7 Å². The van der Waals surface area contributed by atoms with Crippen molar-refractivity contribution in [3.63, 3.8) is 0 Å². The molecule has 0 heterocycles. The van der Waals surface area contributed by atoms with Crippen LogP contribution in [0.1, 0.15) is 23.2 Å². The number of carbonyl (C=O) groups excluding carboxylic acids is 1. The van der Waals surface area contributed by atoms with E-state index < -0.39 is 10.0 Å². The number of hydrogen-bond acceptors (Lipinski definition) is 4. The number of rotatable bonds is 7. The molecule has 1 saturated carbocycles. The molecule has 0 aliphatic heterocycles. The van der Waals surface area contributed by atoms with E-state index in [9.17, 15) is 13.2 Å². The Morgan fingerprint density at radius 1 is 1.15 bits per heavy atom. The van der Waals surface area contributed by atoms with Gasteiger partial charge in [-0.25, -0.2) is 8.42 Å². The number of benzene rings is 2. The lowest BCUT2D eigenvalue weighted by molar-refractivity contribution is 0.0951. The largest absolute Gasteiger partial charge is 0.495 e. The molecular weight excluding hydrogens is 352 g/mol. The standard InChI is InChI=1S/C19H22N2O4S/c1-21(17-5-3-4-6-18(17)25-2)26(23,24)16-11-9-15(10-12-16)19(22)20-13-14-7-8-14/h3-6,9-12,14H,7-8,13H2,1-2H3,(H,20,22). The number of carbonyl (C=O) groups is 1. The fraction of sp³-hybridized carbons (Fsp3) is 0.316. The SMILES string of the molecule is COc1ccccc1N(C)S(=O)(=O)c1ccc(C(=O)NCC2CC2)cc1. The van der Waals surface area contributed by atoms with Crippen molar-refractivity contribution in [2.75, 3.05) is 25.0 Å². The van der Waals surface area contributed by atoms with Crippen molar-refractivity contribution in [2.45, 2.75) is 17.7 Å². The number of sulfonamides is 1. The Morgan fingerprint density at radius 3 is 2.42 bits per heavy atom. The van der Waals surface area contributed by atoms with Crippen LogP contribution in [0.25, 0.3) is 0 Å². The molecule has 7 heteroatoms. The normalized spacial score (nSPS) is 13.9. The van der Waals surface area contributed by atoms with E-state index in [1.807, 2.05) is 0 Å². The molecule has 3 rings (SSSR count). The second-order valence-corrected chi connectivity index (χ2v) is 8.29. The Hall–Kier alpha value is -2.54. The number of para-hydroxylation sites is 2. The number of amides is 1. The van der Waals surface area contributed by atoms with Crippen LogP contribution in [0.4, 0.5) is 5.69 Å². The third-order valence-electron chi connectivity index (χ3n) is 4.45. The Morgan fingerprint density at radius 2 is 1.81 bits per heavy atom. The average molecular weight is 374 g/mol. The van der Waals surface area contributed by atoms with Crippen LogP contribution in [0, 0.1) is 5.92 Å². The maximum absolute atomic E-state index is 12.9. The van der Waals surface area contributed by atoms with E-state index in [0.717, 1.165) is 12.8 Å². The van der Waals surface area contributed by atoms with Gasteiger partial charge in [0.25, 0.3) is 15.9 Å². The van der Waals surface area contributed by atoms with Gasteiger partial charge in [0.15, 0.2) is 0 Å². The van der Waals surface area contributed by atoms with Crippen LogP contribution in [-0.4, -0.2) is 35.0 Å². The number of methoxy groups -OCH3 is 1. The van der Waals surface area contributed by atoms with Gasteiger partial charge in [0.2, 0.25) is 0 Å². The minimum atomic E-state index is -3.76. The van der Waals surface area contributed by atoms with Gasteiger partial charge in [0, 0.05) is 19.2 Å². The summed E-state index contributed by atoms with van der Waals surface area (Å²) in [5.74, 6) is 0.877. The van der Waals surface area contributed by atoms with Gasteiger partial charge in [-0.3, -0.25) is 9.10 Å². The molecule has 2 aromatic rings. The minimum absolute atomic E-state index is 0.115. The Balaban J connectivity index is 1.79. The monoisotopic (exact) mass is 374 g/mol. The van der Waals surface area contributed by atoms with E-state index in [1.165, 1.54) is 42.7 Å². The van der Waals surface area contributed by atoms with Gasteiger partial charge in [-0.2, -0.15) is 0 Å². The molecule has 0 saturated heterocycles. The van der Waals surface area contributed by atoms with Gasteiger partial charge >= 0.3 is 0 Å². The van der Waals surface area contributed by atoms with Crippen LogP contribution in [-0.2, 0) is 10.0 Å².